The Hall–Kier alpha value is -1.35. The Labute approximate surface area is 165 Å². The lowest BCUT2D eigenvalue weighted by atomic mass is 10.4. The van der Waals surface area contributed by atoms with Crippen LogP contribution in [0.2, 0.25) is 0 Å². The van der Waals surface area contributed by atoms with Crippen molar-refractivity contribution in [2.24, 2.45) is 4.99 Å². The van der Waals surface area contributed by atoms with Crippen LogP contribution in [0.15, 0.2) is 41.7 Å². The molecule has 0 spiro atoms. The Bertz CT molecular complexity index is 604. The van der Waals surface area contributed by atoms with Crippen LogP contribution >= 0.6 is 35.3 Å². The number of aliphatic imine (C=N–C) groups is 1. The summed E-state index contributed by atoms with van der Waals surface area (Å²) in [7, 11) is 0. The number of thiophene rings is 1. The fourth-order valence-electron chi connectivity index (χ4n) is 1.97. The summed E-state index contributed by atoms with van der Waals surface area (Å²) in [6.07, 6.45) is 4.52. The number of aromatic nitrogens is 1. The van der Waals surface area contributed by atoms with Gasteiger partial charge in [0.1, 0.15) is 12.4 Å². The minimum atomic E-state index is 0. The van der Waals surface area contributed by atoms with Crippen molar-refractivity contribution in [1.82, 2.24) is 15.6 Å². The number of nitrogens with zero attached hydrogens (tertiary/aromatic N) is 2. The molecule has 2 aromatic heterocycles. The van der Waals surface area contributed by atoms with E-state index >= 15 is 0 Å². The largest absolute Gasteiger partial charge is 0.490 e. The summed E-state index contributed by atoms with van der Waals surface area (Å²) < 4.78 is 5.61. The van der Waals surface area contributed by atoms with Gasteiger partial charge in [-0.25, -0.2) is 4.99 Å². The van der Waals surface area contributed by atoms with Gasteiger partial charge in [0.15, 0.2) is 5.96 Å². The molecule has 0 saturated heterocycles. The molecule has 132 valence electrons. The van der Waals surface area contributed by atoms with Gasteiger partial charge in [0, 0.05) is 22.5 Å². The van der Waals surface area contributed by atoms with Gasteiger partial charge in [-0.05, 0) is 37.6 Å². The van der Waals surface area contributed by atoms with Crippen molar-refractivity contribution < 1.29 is 4.74 Å². The van der Waals surface area contributed by atoms with Crippen LogP contribution in [0.3, 0.4) is 0 Å². The molecule has 2 rings (SSSR count). The van der Waals surface area contributed by atoms with Crippen molar-refractivity contribution in [2.45, 2.75) is 26.8 Å². The first-order valence-corrected chi connectivity index (χ1v) is 8.76. The number of nitrogens with one attached hydrogen (secondary N) is 2. The van der Waals surface area contributed by atoms with E-state index in [4.69, 9.17) is 4.74 Å². The van der Waals surface area contributed by atoms with Crippen LogP contribution in [0.5, 0.6) is 5.75 Å². The topological polar surface area (TPSA) is 58.5 Å². The number of hydrogen-bond donors (Lipinski definition) is 2. The summed E-state index contributed by atoms with van der Waals surface area (Å²) >= 11 is 1.82. The summed E-state index contributed by atoms with van der Waals surface area (Å²) in [6.45, 7) is 7.01. The maximum atomic E-state index is 5.61. The molecule has 0 aliphatic heterocycles. The predicted molar refractivity (Wildman–Crippen MR) is 112 cm³/mol. The Morgan fingerprint density at radius 2 is 2.04 bits per heavy atom. The normalized spacial score (nSPS) is 10.8. The molecule has 0 aromatic carbocycles. The summed E-state index contributed by atoms with van der Waals surface area (Å²) in [5.41, 5.74) is 0. The van der Waals surface area contributed by atoms with E-state index < -0.39 is 0 Å². The van der Waals surface area contributed by atoms with E-state index in [2.05, 4.69) is 46.6 Å². The molecule has 0 saturated carbocycles. The third kappa shape index (κ3) is 7.48. The highest BCUT2D eigenvalue weighted by atomic mass is 127. The molecule has 2 N–H and O–H groups in total. The van der Waals surface area contributed by atoms with Crippen molar-refractivity contribution in [1.29, 1.82) is 0 Å². The number of halogens is 1. The molecule has 0 amide bonds. The third-order valence-corrected chi connectivity index (χ3v) is 4.31. The molecule has 0 fully saturated rings. The zero-order chi connectivity index (χ0) is 16.3. The predicted octanol–water partition coefficient (Wildman–Crippen LogP) is 3.46. The zero-order valence-corrected chi connectivity index (χ0v) is 17.3. The number of rotatable bonds is 8. The second kappa shape index (κ2) is 12.1. The van der Waals surface area contributed by atoms with Gasteiger partial charge >= 0.3 is 0 Å². The van der Waals surface area contributed by atoms with Gasteiger partial charge in [-0.2, -0.15) is 0 Å². The van der Waals surface area contributed by atoms with Crippen molar-refractivity contribution >= 4 is 41.3 Å². The van der Waals surface area contributed by atoms with Crippen LogP contribution in [0, 0.1) is 0 Å². The van der Waals surface area contributed by atoms with Gasteiger partial charge < -0.3 is 15.4 Å². The van der Waals surface area contributed by atoms with Crippen molar-refractivity contribution in [3.8, 4) is 5.75 Å². The fourth-order valence-corrected chi connectivity index (χ4v) is 2.85. The molecule has 0 radical (unpaired) electrons. The van der Waals surface area contributed by atoms with Gasteiger partial charge in [-0.15, -0.1) is 35.3 Å². The molecule has 24 heavy (non-hydrogen) atoms. The quantitative estimate of drug-likeness (QED) is 0.274. The average Bonchev–Trinajstić information content (AvgIpc) is 3.05. The summed E-state index contributed by atoms with van der Waals surface area (Å²) in [6, 6.07) is 8.09. The third-order valence-electron chi connectivity index (χ3n) is 3.10. The van der Waals surface area contributed by atoms with E-state index in [-0.39, 0.29) is 24.0 Å². The molecule has 7 heteroatoms. The standard InChI is InChI=1S/C17H24N4OS.HI/c1-3-15-7-8-16(23-15)13-21-17(19-4-2)20-10-11-22-14-6-5-9-18-12-14;/h5-9,12H,3-4,10-11,13H2,1-2H3,(H2,19,20,21);1H. The van der Waals surface area contributed by atoms with Crippen molar-refractivity contribution in [3.05, 3.63) is 46.4 Å². The highest BCUT2D eigenvalue weighted by Gasteiger charge is 2.00. The number of pyridine rings is 1. The fraction of sp³-hybridized carbons (Fsp3) is 0.412. The van der Waals surface area contributed by atoms with E-state index in [1.807, 2.05) is 23.5 Å². The summed E-state index contributed by atoms with van der Waals surface area (Å²) in [4.78, 5) is 11.3. The number of guanidine groups is 1. The average molecular weight is 460 g/mol. The number of hydrogen-bond acceptors (Lipinski definition) is 4. The maximum Gasteiger partial charge on any atom is 0.191 e. The molecule has 2 heterocycles. The molecule has 0 unspecified atom stereocenters. The van der Waals surface area contributed by atoms with Crippen LogP contribution in [0.4, 0.5) is 0 Å². The molecule has 0 atom stereocenters. The lowest BCUT2D eigenvalue weighted by Crippen LogP contribution is -2.39. The molecule has 5 nitrogen and oxygen atoms in total. The minimum absolute atomic E-state index is 0. The van der Waals surface area contributed by atoms with Gasteiger partial charge in [0.2, 0.25) is 0 Å². The molecule has 0 bridgehead atoms. The second-order valence-electron chi connectivity index (χ2n) is 4.88. The Morgan fingerprint density at radius 1 is 1.21 bits per heavy atom. The van der Waals surface area contributed by atoms with Crippen LogP contribution in [0.25, 0.3) is 0 Å². The molecule has 2 aromatic rings. The lowest BCUT2D eigenvalue weighted by Gasteiger charge is -2.11. The van der Waals surface area contributed by atoms with Gasteiger partial charge in [0.05, 0.1) is 19.3 Å². The maximum absolute atomic E-state index is 5.61. The highest BCUT2D eigenvalue weighted by Crippen LogP contribution is 2.17. The van der Waals surface area contributed by atoms with Crippen molar-refractivity contribution in [3.63, 3.8) is 0 Å². The van der Waals surface area contributed by atoms with Crippen LogP contribution in [0.1, 0.15) is 23.6 Å². The lowest BCUT2D eigenvalue weighted by molar-refractivity contribution is 0.320. The van der Waals surface area contributed by atoms with E-state index in [1.165, 1.54) is 9.75 Å². The molecular formula is C17H25IN4OS. The van der Waals surface area contributed by atoms with Gasteiger partial charge in [-0.1, -0.05) is 6.92 Å². The molecule has 0 aliphatic rings. The van der Waals surface area contributed by atoms with Gasteiger partial charge in [-0.3, -0.25) is 4.98 Å². The Morgan fingerprint density at radius 3 is 2.71 bits per heavy atom. The number of aryl methyl sites for hydroxylation is 1. The van der Waals surface area contributed by atoms with Gasteiger partial charge in [0.25, 0.3) is 0 Å². The monoisotopic (exact) mass is 460 g/mol. The highest BCUT2D eigenvalue weighted by molar-refractivity contribution is 14.0. The zero-order valence-electron chi connectivity index (χ0n) is 14.1. The van der Waals surface area contributed by atoms with E-state index in [0.717, 1.165) is 24.7 Å². The Kier molecular flexibility index (Phi) is 10.4. The summed E-state index contributed by atoms with van der Waals surface area (Å²) in [5, 5.41) is 6.53. The van der Waals surface area contributed by atoms with Crippen molar-refractivity contribution in [2.75, 3.05) is 19.7 Å². The van der Waals surface area contributed by atoms with E-state index in [0.29, 0.717) is 19.7 Å². The van der Waals surface area contributed by atoms with Crippen LogP contribution in [-0.2, 0) is 13.0 Å². The Balaban J connectivity index is 0.00000288. The number of ether oxygens (including phenoxy) is 1. The molecular weight excluding hydrogens is 435 g/mol. The second-order valence-corrected chi connectivity index (χ2v) is 6.13. The van der Waals surface area contributed by atoms with Crippen LogP contribution in [-0.4, -0.2) is 30.6 Å². The van der Waals surface area contributed by atoms with Crippen LogP contribution < -0.4 is 15.4 Å². The first-order valence-electron chi connectivity index (χ1n) is 7.94. The molecule has 0 aliphatic carbocycles. The minimum Gasteiger partial charge on any atom is -0.490 e. The van der Waals surface area contributed by atoms with E-state index in [9.17, 15) is 0 Å². The first kappa shape index (κ1) is 20.7. The first-order chi connectivity index (χ1) is 11.3. The smallest absolute Gasteiger partial charge is 0.191 e. The summed E-state index contributed by atoms with van der Waals surface area (Å²) in [5.74, 6) is 1.59. The SMILES string of the molecule is CCNC(=NCc1ccc(CC)s1)NCCOc1cccnc1.I. The van der Waals surface area contributed by atoms with E-state index in [1.54, 1.807) is 12.4 Å².